The Bertz CT molecular complexity index is 600. The van der Waals surface area contributed by atoms with Crippen molar-refractivity contribution in [2.75, 3.05) is 6.54 Å². The number of imidazole rings is 1. The largest absolute Gasteiger partial charge is 0.329 e. The van der Waals surface area contributed by atoms with E-state index in [0.29, 0.717) is 12.0 Å². The lowest BCUT2D eigenvalue weighted by molar-refractivity contribution is 0.440. The molecule has 1 atom stereocenters. The van der Waals surface area contributed by atoms with E-state index in [-0.39, 0.29) is 0 Å². The average Bonchev–Trinajstić information content (AvgIpc) is 2.84. The van der Waals surface area contributed by atoms with E-state index in [4.69, 9.17) is 0 Å². The number of fused-ring (bicyclic) bond motifs is 1. The van der Waals surface area contributed by atoms with Crippen molar-refractivity contribution in [3.8, 4) is 0 Å². The first kappa shape index (κ1) is 13.3. The molecule has 0 radical (unpaired) electrons. The maximum absolute atomic E-state index is 4.64. The summed E-state index contributed by atoms with van der Waals surface area (Å²) in [5.74, 6) is 1.60. The number of nitrogens with zero attached hydrogens (tertiary/aromatic N) is 3. The van der Waals surface area contributed by atoms with Gasteiger partial charge in [0.15, 0.2) is 0 Å². The molecule has 0 saturated heterocycles. The molecule has 2 aromatic heterocycles. The van der Waals surface area contributed by atoms with Crippen LogP contribution in [0.15, 0.2) is 24.5 Å². The third-order valence-electron chi connectivity index (χ3n) is 4.02. The molecule has 0 aromatic carbocycles. The molecule has 0 amide bonds. The monoisotopic (exact) mass is 270 g/mol. The topological polar surface area (TPSA) is 42.7 Å². The molecule has 0 bridgehead atoms. The van der Waals surface area contributed by atoms with Crippen LogP contribution in [0, 0.1) is 0 Å². The molecule has 20 heavy (non-hydrogen) atoms. The molecule has 0 spiro atoms. The average molecular weight is 270 g/mol. The van der Waals surface area contributed by atoms with Gasteiger partial charge in [-0.1, -0.05) is 19.9 Å². The van der Waals surface area contributed by atoms with Gasteiger partial charge in [0.1, 0.15) is 5.82 Å². The van der Waals surface area contributed by atoms with Crippen LogP contribution < -0.4 is 5.32 Å². The highest BCUT2D eigenvalue weighted by Crippen LogP contribution is 2.23. The smallest absolute Gasteiger partial charge is 0.113 e. The van der Waals surface area contributed by atoms with E-state index in [0.717, 1.165) is 25.3 Å². The Balaban J connectivity index is 1.93. The molecule has 0 aliphatic carbocycles. The lowest BCUT2D eigenvalue weighted by Gasteiger charge is -2.24. The molecule has 1 aliphatic heterocycles. The number of hydrogen-bond donors (Lipinski definition) is 1. The number of hydrogen-bond acceptors (Lipinski definition) is 3. The van der Waals surface area contributed by atoms with E-state index < -0.39 is 0 Å². The lowest BCUT2D eigenvalue weighted by atomic mass is 10.0. The Hall–Kier alpha value is -1.68. The van der Waals surface area contributed by atoms with Crippen LogP contribution in [0.4, 0.5) is 0 Å². The Kier molecular flexibility index (Phi) is 3.57. The first-order chi connectivity index (χ1) is 9.66. The Labute approximate surface area is 120 Å². The number of aromatic nitrogens is 3. The van der Waals surface area contributed by atoms with Gasteiger partial charge in [-0.2, -0.15) is 0 Å². The van der Waals surface area contributed by atoms with Gasteiger partial charge < -0.3 is 9.88 Å². The van der Waals surface area contributed by atoms with E-state index in [1.54, 1.807) is 0 Å². The summed E-state index contributed by atoms with van der Waals surface area (Å²) < 4.78 is 2.36. The lowest BCUT2D eigenvalue weighted by Crippen LogP contribution is -2.32. The molecule has 1 unspecified atom stereocenters. The molecule has 106 valence electrons. The van der Waals surface area contributed by atoms with Crippen molar-refractivity contribution in [1.29, 1.82) is 0 Å². The highest BCUT2D eigenvalue weighted by molar-refractivity contribution is 5.27. The van der Waals surface area contributed by atoms with Crippen molar-refractivity contribution in [3.63, 3.8) is 0 Å². The first-order valence-electron chi connectivity index (χ1n) is 7.38. The van der Waals surface area contributed by atoms with Crippen molar-refractivity contribution in [1.82, 2.24) is 19.9 Å². The molecule has 4 nitrogen and oxygen atoms in total. The van der Waals surface area contributed by atoms with Crippen LogP contribution in [-0.4, -0.2) is 21.1 Å². The van der Waals surface area contributed by atoms with E-state index in [1.807, 2.05) is 18.5 Å². The molecule has 3 heterocycles. The Morgan fingerprint density at radius 2 is 2.25 bits per heavy atom. The molecule has 1 N–H and O–H groups in total. The predicted molar refractivity (Wildman–Crippen MR) is 79.8 cm³/mol. The SMILES string of the molecule is CC(C)c1ncccc1Cc1ncc2n1CCNC2C. The van der Waals surface area contributed by atoms with Crippen molar-refractivity contribution < 1.29 is 0 Å². The molecule has 0 fully saturated rings. The van der Waals surface area contributed by atoms with Gasteiger partial charge >= 0.3 is 0 Å². The third-order valence-corrected chi connectivity index (χ3v) is 4.02. The minimum atomic E-state index is 0.392. The van der Waals surface area contributed by atoms with E-state index >= 15 is 0 Å². The van der Waals surface area contributed by atoms with Crippen molar-refractivity contribution in [2.45, 2.75) is 45.7 Å². The van der Waals surface area contributed by atoms with Crippen LogP contribution in [0.25, 0.3) is 0 Å². The quantitative estimate of drug-likeness (QED) is 0.932. The number of pyridine rings is 1. The molecule has 3 rings (SSSR count). The summed E-state index contributed by atoms with van der Waals surface area (Å²) in [6, 6.07) is 4.59. The molecular weight excluding hydrogens is 248 g/mol. The predicted octanol–water partition coefficient (Wildman–Crippen LogP) is 2.66. The van der Waals surface area contributed by atoms with Crippen molar-refractivity contribution in [3.05, 3.63) is 47.3 Å². The second kappa shape index (κ2) is 5.37. The fraction of sp³-hybridized carbons (Fsp3) is 0.500. The van der Waals surface area contributed by atoms with Gasteiger partial charge in [0, 0.05) is 37.4 Å². The van der Waals surface area contributed by atoms with Gasteiger partial charge in [-0.15, -0.1) is 0 Å². The highest BCUT2D eigenvalue weighted by atomic mass is 15.2. The third kappa shape index (κ3) is 2.36. The van der Waals surface area contributed by atoms with Crippen LogP contribution in [0.1, 0.15) is 55.5 Å². The summed E-state index contributed by atoms with van der Waals surface area (Å²) in [6.07, 6.45) is 4.76. The second-order valence-electron chi connectivity index (χ2n) is 5.81. The molecule has 2 aromatic rings. The van der Waals surface area contributed by atoms with Crippen LogP contribution >= 0.6 is 0 Å². The Morgan fingerprint density at radius 3 is 3.05 bits per heavy atom. The van der Waals surface area contributed by atoms with Gasteiger partial charge in [0.25, 0.3) is 0 Å². The maximum Gasteiger partial charge on any atom is 0.113 e. The summed E-state index contributed by atoms with van der Waals surface area (Å²) in [5, 5.41) is 3.47. The van der Waals surface area contributed by atoms with Gasteiger partial charge in [0.05, 0.1) is 11.9 Å². The fourth-order valence-electron chi connectivity index (χ4n) is 2.96. The summed E-state index contributed by atoms with van der Waals surface area (Å²) in [7, 11) is 0. The second-order valence-corrected chi connectivity index (χ2v) is 5.81. The van der Waals surface area contributed by atoms with E-state index in [1.165, 1.54) is 17.0 Å². The summed E-state index contributed by atoms with van der Waals surface area (Å²) in [6.45, 7) is 8.60. The minimum absolute atomic E-state index is 0.392. The van der Waals surface area contributed by atoms with Crippen LogP contribution in [0.2, 0.25) is 0 Å². The zero-order chi connectivity index (χ0) is 14.1. The zero-order valence-electron chi connectivity index (χ0n) is 12.4. The molecule has 1 aliphatic rings. The van der Waals surface area contributed by atoms with Gasteiger partial charge in [-0.3, -0.25) is 4.98 Å². The zero-order valence-corrected chi connectivity index (χ0v) is 12.4. The normalized spacial score (nSPS) is 18.3. The maximum atomic E-state index is 4.64. The van der Waals surface area contributed by atoms with Crippen molar-refractivity contribution >= 4 is 0 Å². The van der Waals surface area contributed by atoms with E-state index in [2.05, 4.69) is 46.7 Å². The van der Waals surface area contributed by atoms with Crippen LogP contribution in [-0.2, 0) is 13.0 Å². The summed E-state index contributed by atoms with van der Waals surface area (Å²) >= 11 is 0. The summed E-state index contributed by atoms with van der Waals surface area (Å²) in [5.41, 5.74) is 3.77. The molecule has 4 heteroatoms. The number of rotatable bonds is 3. The standard InChI is InChI=1S/C16H22N4/c1-11(2)16-13(5-4-6-18-16)9-15-19-10-14-12(3)17-7-8-20(14)15/h4-6,10-12,17H,7-9H2,1-3H3. The van der Waals surface area contributed by atoms with Gasteiger partial charge in [-0.05, 0) is 24.5 Å². The van der Waals surface area contributed by atoms with Crippen molar-refractivity contribution in [2.24, 2.45) is 0 Å². The Morgan fingerprint density at radius 1 is 1.40 bits per heavy atom. The van der Waals surface area contributed by atoms with Crippen LogP contribution in [0.3, 0.4) is 0 Å². The number of nitrogens with one attached hydrogen (secondary N) is 1. The van der Waals surface area contributed by atoms with E-state index in [9.17, 15) is 0 Å². The van der Waals surface area contributed by atoms with Crippen LogP contribution in [0.5, 0.6) is 0 Å². The fourth-order valence-corrected chi connectivity index (χ4v) is 2.96. The van der Waals surface area contributed by atoms with Gasteiger partial charge in [-0.25, -0.2) is 4.98 Å². The highest BCUT2D eigenvalue weighted by Gasteiger charge is 2.20. The molecule has 0 saturated carbocycles. The summed E-state index contributed by atoms with van der Waals surface area (Å²) in [4.78, 5) is 9.18. The minimum Gasteiger partial charge on any atom is -0.329 e. The first-order valence-corrected chi connectivity index (χ1v) is 7.38. The van der Waals surface area contributed by atoms with Gasteiger partial charge in [0.2, 0.25) is 0 Å². The molecular formula is C16H22N4.